The van der Waals surface area contributed by atoms with Crippen molar-refractivity contribution < 1.29 is 23.0 Å². The molecule has 0 aliphatic rings. The van der Waals surface area contributed by atoms with E-state index >= 15 is 0 Å². The lowest BCUT2D eigenvalue weighted by atomic mass is 10.2. The zero-order valence-corrected chi connectivity index (χ0v) is 21.7. The van der Waals surface area contributed by atoms with Crippen molar-refractivity contribution in [3.05, 3.63) is 76.2 Å². The standard InChI is InChI=1S/C26H26N2O6S2/c1-4-5-11-22-27-25(29)24(26(30)28(22)23-19(33-2)8-6-9-20(23)34-3)36(31,32)18-14-12-17(13-15-18)21-10-7-16-35-21/h6-10,12-16,30H,4-5,11H2,1-3H3. The van der Waals surface area contributed by atoms with Crippen LogP contribution in [0.4, 0.5) is 0 Å². The van der Waals surface area contributed by atoms with Crippen LogP contribution in [0.3, 0.4) is 0 Å². The number of ether oxygens (including phenoxy) is 2. The van der Waals surface area contributed by atoms with E-state index in [9.17, 15) is 18.3 Å². The van der Waals surface area contributed by atoms with Crippen molar-refractivity contribution in [2.24, 2.45) is 0 Å². The minimum Gasteiger partial charge on any atom is -0.494 e. The van der Waals surface area contributed by atoms with Gasteiger partial charge in [-0.3, -0.25) is 9.36 Å². The van der Waals surface area contributed by atoms with Crippen LogP contribution < -0.4 is 15.0 Å². The third-order valence-electron chi connectivity index (χ3n) is 5.72. The van der Waals surface area contributed by atoms with Crippen LogP contribution in [0.1, 0.15) is 25.6 Å². The van der Waals surface area contributed by atoms with E-state index in [0.717, 1.165) is 16.9 Å². The molecule has 0 fully saturated rings. The lowest BCUT2D eigenvalue weighted by molar-refractivity contribution is 0.374. The van der Waals surface area contributed by atoms with Crippen LogP contribution >= 0.6 is 11.3 Å². The average Bonchev–Trinajstić information content (AvgIpc) is 3.42. The van der Waals surface area contributed by atoms with Crippen LogP contribution in [0.15, 0.2) is 74.6 Å². The Hall–Kier alpha value is -3.63. The Kier molecular flexibility index (Phi) is 7.46. The van der Waals surface area contributed by atoms with Gasteiger partial charge in [0.25, 0.3) is 5.56 Å². The first-order valence-electron chi connectivity index (χ1n) is 11.3. The van der Waals surface area contributed by atoms with Crippen LogP contribution in [0.25, 0.3) is 16.1 Å². The average molecular weight is 527 g/mol. The number of benzene rings is 2. The van der Waals surface area contributed by atoms with Crippen molar-refractivity contribution >= 4 is 21.2 Å². The second-order valence-corrected chi connectivity index (χ2v) is 10.8. The molecule has 2 aromatic heterocycles. The number of hydrogen-bond acceptors (Lipinski definition) is 8. The van der Waals surface area contributed by atoms with Gasteiger partial charge in [0, 0.05) is 11.3 Å². The maximum Gasteiger partial charge on any atom is 0.296 e. The summed E-state index contributed by atoms with van der Waals surface area (Å²) in [6.45, 7) is 1.98. The lowest BCUT2D eigenvalue weighted by Crippen LogP contribution is -2.25. The van der Waals surface area contributed by atoms with Gasteiger partial charge in [-0.05, 0) is 47.7 Å². The molecule has 0 spiro atoms. The second kappa shape index (κ2) is 10.5. The first-order chi connectivity index (χ1) is 17.3. The largest absolute Gasteiger partial charge is 0.494 e. The van der Waals surface area contributed by atoms with Crippen LogP contribution in [0.2, 0.25) is 0 Å². The van der Waals surface area contributed by atoms with Gasteiger partial charge < -0.3 is 14.6 Å². The fraction of sp³-hybridized carbons (Fsp3) is 0.231. The smallest absolute Gasteiger partial charge is 0.296 e. The summed E-state index contributed by atoms with van der Waals surface area (Å²) in [4.78, 5) is 17.2. The number of sulfone groups is 1. The summed E-state index contributed by atoms with van der Waals surface area (Å²) in [5.74, 6) is 0.0911. The second-order valence-electron chi connectivity index (χ2n) is 7.94. The van der Waals surface area contributed by atoms with Crippen molar-refractivity contribution in [2.45, 2.75) is 36.0 Å². The Labute approximate surface area is 213 Å². The van der Waals surface area contributed by atoms with Crippen molar-refractivity contribution in [2.75, 3.05) is 14.2 Å². The van der Waals surface area contributed by atoms with Gasteiger partial charge in [-0.1, -0.05) is 37.6 Å². The number of thiophene rings is 1. The van der Waals surface area contributed by atoms with Gasteiger partial charge in [0.15, 0.2) is 4.90 Å². The molecular weight excluding hydrogens is 500 g/mol. The molecule has 8 nitrogen and oxygen atoms in total. The van der Waals surface area contributed by atoms with Gasteiger partial charge in [-0.25, -0.2) is 8.42 Å². The maximum atomic E-state index is 13.6. The van der Waals surface area contributed by atoms with E-state index in [0.29, 0.717) is 24.3 Å². The molecule has 0 aliphatic carbocycles. The Balaban J connectivity index is 1.95. The number of nitrogens with zero attached hydrogens (tertiary/aromatic N) is 2. The molecule has 0 saturated carbocycles. The number of rotatable bonds is 9. The van der Waals surface area contributed by atoms with Crippen LogP contribution in [-0.4, -0.2) is 37.3 Å². The maximum absolute atomic E-state index is 13.6. The van der Waals surface area contributed by atoms with E-state index in [2.05, 4.69) is 4.98 Å². The molecule has 4 aromatic rings. The fourth-order valence-electron chi connectivity index (χ4n) is 3.92. The van der Waals surface area contributed by atoms with Crippen molar-refractivity contribution in [1.82, 2.24) is 9.55 Å². The van der Waals surface area contributed by atoms with E-state index in [1.54, 1.807) is 30.3 Å². The molecule has 4 rings (SSSR count). The molecule has 188 valence electrons. The number of aryl methyl sites for hydroxylation is 1. The molecule has 2 heterocycles. The minimum absolute atomic E-state index is 0.128. The Morgan fingerprint density at radius 2 is 1.67 bits per heavy atom. The Morgan fingerprint density at radius 3 is 2.22 bits per heavy atom. The van der Waals surface area contributed by atoms with Crippen LogP contribution in [0.5, 0.6) is 17.4 Å². The zero-order valence-electron chi connectivity index (χ0n) is 20.1. The van der Waals surface area contributed by atoms with Crippen LogP contribution in [-0.2, 0) is 16.3 Å². The molecule has 0 bridgehead atoms. The number of methoxy groups -OCH3 is 2. The highest BCUT2D eigenvalue weighted by Crippen LogP contribution is 2.38. The molecule has 0 saturated heterocycles. The predicted molar refractivity (Wildman–Crippen MR) is 138 cm³/mol. The van der Waals surface area contributed by atoms with E-state index in [1.807, 2.05) is 24.4 Å². The highest BCUT2D eigenvalue weighted by atomic mass is 32.2. The summed E-state index contributed by atoms with van der Waals surface area (Å²) in [7, 11) is -1.52. The van der Waals surface area contributed by atoms with Crippen molar-refractivity contribution in [3.63, 3.8) is 0 Å². The van der Waals surface area contributed by atoms with Gasteiger partial charge in [0.05, 0.1) is 19.1 Å². The van der Waals surface area contributed by atoms with Gasteiger partial charge in [0.2, 0.25) is 15.7 Å². The normalized spacial score (nSPS) is 11.4. The molecule has 1 N–H and O–H groups in total. The topological polar surface area (TPSA) is 108 Å². The summed E-state index contributed by atoms with van der Waals surface area (Å²) in [6, 6.07) is 15.0. The lowest BCUT2D eigenvalue weighted by Gasteiger charge is -2.21. The molecule has 10 heteroatoms. The Morgan fingerprint density at radius 1 is 1.00 bits per heavy atom. The molecule has 0 atom stereocenters. The Bertz CT molecular complexity index is 1500. The summed E-state index contributed by atoms with van der Waals surface area (Å²) in [5, 5.41) is 13.3. The van der Waals surface area contributed by atoms with Gasteiger partial charge in [0.1, 0.15) is 23.0 Å². The number of hydrogen-bond donors (Lipinski definition) is 1. The van der Waals surface area contributed by atoms with E-state index in [-0.39, 0.29) is 16.4 Å². The molecule has 0 aliphatic heterocycles. The summed E-state index contributed by atoms with van der Waals surface area (Å²) in [6.07, 6.45) is 1.80. The number of para-hydroxylation sites is 1. The van der Waals surface area contributed by atoms with Gasteiger partial charge >= 0.3 is 0 Å². The molecule has 36 heavy (non-hydrogen) atoms. The third-order valence-corrected chi connectivity index (χ3v) is 8.42. The fourth-order valence-corrected chi connectivity index (χ4v) is 5.99. The van der Waals surface area contributed by atoms with E-state index in [4.69, 9.17) is 9.47 Å². The van der Waals surface area contributed by atoms with E-state index in [1.165, 1.54) is 42.3 Å². The molecule has 0 unspecified atom stereocenters. The quantitative estimate of drug-likeness (QED) is 0.332. The summed E-state index contributed by atoms with van der Waals surface area (Å²) >= 11 is 1.53. The first-order valence-corrected chi connectivity index (χ1v) is 13.6. The number of aromatic nitrogens is 2. The first kappa shape index (κ1) is 25.5. The summed E-state index contributed by atoms with van der Waals surface area (Å²) < 4.78 is 39.4. The van der Waals surface area contributed by atoms with E-state index < -0.39 is 26.2 Å². The third kappa shape index (κ3) is 4.61. The zero-order chi connectivity index (χ0) is 25.9. The van der Waals surface area contributed by atoms with Crippen molar-refractivity contribution in [3.8, 4) is 33.5 Å². The predicted octanol–water partition coefficient (Wildman–Crippen LogP) is 4.86. The van der Waals surface area contributed by atoms with Gasteiger partial charge in [-0.15, -0.1) is 11.3 Å². The van der Waals surface area contributed by atoms with Crippen molar-refractivity contribution in [1.29, 1.82) is 0 Å². The molecule has 0 radical (unpaired) electrons. The molecule has 0 amide bonds. The molecule has 2 aromatic carbocycles. The minimum atomic E-state index is -4.42. The number of unbranched alkanes of at least 4 members (excludes halogenated alkanes) is 1. The monoisotopic (exact) mass is 526 g/mol. The summed E-state index contributed by atoms with van der Waals surface area (Å²) in [5.41, 5.74) is 0.0755. The highest BCUT2D eigenvalue weighted by Gasteiger charge is 2.31. The SMILES string of the molecule is CCCCc1nc(=O)c(S(=O)(=O)c2ccc(-c3cccs3)cc2)c(O)n1-c1c(OC)cccc1OC. The molecular formula is C26H26N2O6S2. The van der Waals surface area contributed by atoms with Gasteiger partial charge in [-0.2, -0.15) is 4.98 Å². The highest BCUT2D eigenvalue weighted by molar-refractivity contribution is 7.91. The van der Waals surface area contributed by atoms with Crippen LogP contribution in [0, 0.1) is 0 Å². The number of aromatic hydroxyl groups is 1.